The maximum absolute atomic E-state index is 13.4. The number of hydrogen-bond donors (Lipinski definition) is 0. The van der Waals surface area contributed by atoms with Crippen molar-refractivity contribution in [1.82, 2.24) is 14.5 Å². The third-order valence-electron chi connectivity index (χ3n) is 3.07. The smallest absolute Gasteiger partial charge is 0.184 e. The molecule has 0 unspecified atom stereocenters. The zero-order valence-electron chi connectivity index (χ0n) is 10.5. The van der Waals surface area contributed by atoms with Crippen LogP contribution in [0.25, 0.3) is 16.9 Å². The van der Waals surface area contributed by atoms with E-state index < -0.39 is 0 Å². The summed E-state index contributed by atoms with van der Waals surface area (Å²) < 4.78 is 16.0. The van der Waals surface area contributed by atoms with Crippen LogP contribution in [0, 0.1) is 19.7 Å². The summed E-state index contributed by atoms with van der Waals surface area (Å²) in [4.78, 5) is 8.60. The van der Waals surface area contributed by atoms with Gasteiger partial charge in [0.1, 0.15) is 5.82 Å². The maximum Gasteiger partial charge on any atom is 0.184 e. The van der Waals surface area contributed by atoms with Gasteiger partial charge in [-0.3, -0.25) is 4.57 Å². The van der Waals surface area contributed by atoms with E-state index in [1.54, 1.807) is 6.20 Å². The molecule has 3 nitrogen and oxygen atoms in total. The molecule has 0 aliphatic heterocycles. The van der Waals surface area contributed by atoms with Crippen molar-refractivity contribution >= 4 is 27.1 Å². The van der Waals surface area contributed by atoms with Crippen LogP contribution in [0.2, 0.25) is 0 Å². The van der Waals surface area contributed by atoms with E-state index in [9.17, 15) is 4.39 Å². The van der Waals surface area contributed by atoms with Crippen LogP contribution < -0.4 is 0 Å². The second-order valence-electron chi connectivity index (χ2n) is 4.45. The summed E-state index contributed by atoms with van der Waals surface area (Å²) in [5.41, 5.74) is 4.22. The van der Waals surface area contributed by atoms with Gasteiger partial charge in [0, 0.05) is 6.20 Å². The number of fused-ring (bicyclic) bond motifs is 1. The number of hydrogen-bond acceptors (Lipinski definition) is 2. The summed E-state index contributed by atoms with van der Waals surface area (Å²) in [6.07, 6.45) is 1.70. The highest BCUT2D eigenvalue weighted by molar-refractivity contribution is 9.10. The van der Waals surface area contributed by atoms with Crippen molar-refractivity contribution < 1.29 is 4.39 Å². The summed E-state index contributed by atoms with van der Waals surface area (Å²) in [6.45, 7) is 3.78. The molecule has 0 N–H and O–H groups in total. The average Bonchev–Trinajstić information content (AvgIpc) is 2.65. The molecule has 2 aromatic heterocycles. The first kappa shape index (κ1) is 12.3. The van der Waals surface area contributed by atoms with Gasteiger partial charge < -0.3 is 0 Å². The van der Waals surface area contributed by atoms with Gasteiger partial charge in [-0.15, -0.1) is 0 Å². The SMILES string of the molecule is Cc1cc(F)cc(C)c1-n1c(Br)nc2ncccc21. The van der Waals surface area contributed by atoms with E-state index >= 15 is 0 Å². The van der Waals surface area contributed by atoms with Crippen molar-refractivity contribution in [3.63, 3.8) is 0 Å². The van der Waals surface area contributed by atoms with Crippen LogP contribution in [0.5, 0.6) is 0 Å². The number of nitrogens with zero attached hydrogens (tertiary/aromatic N) is 3. The van der Waals surface area contributed by atoms with Gasteiger partial charge in [0.15, 0.2) is 10.4 Å². The minimum Gasteiger partial charge on any atom is -0.285 e. The summed E-state index contributed by atoms with van der Waals surface area (Å²) in [7, 11) is 0. The number of aromatic nitrogens is 3. The highest BCUT2D eigenvalue weighted by Gasteiger charge is 2.15. The fraction of sp³-hybridized carbons (Fsp3) is 0.143. The predicted octanol–water partition coefficient (Wildman–Crippen LogP) is 3.94. The fourth-order valence-corrected chi connectivity index (χ4v) is 2.89. The molecule has 0 amide bonds. The fourth-order valence-electron chi connectivity index (χ4n) is 2.35. The lowest BCUT2D eigenvalue weighted by molar-refractivity contribution is 0.624. The van der Waals surface area contributed by atoms with Crippen LogP contribution in [0.15, 0.2) is 35.2 Å². The van der Waals surface area contributed by atoms with E-state index in [2.05, 4.69) is 25.9 Å². The van der Waals surface area contributed by atoms with Gasteiger partial charge >= 0.3 is 0 Å². The van der Waals surface area contributed by atoms with E-state index in [0.29, 0.717) is 10.4 Å². The average molecular weight is 320 g/mol. The molecule has 0 aliphatic carbocycles. The first-order valence-corrected chi connectivity index (χ1v) is 6.63. The van der Waals surface area contributed by atoms with Crippen molar-refractivity contribution in [3.05, 3.63) is 52.1 Å². The highest BCUT2D eigenvalue weighted by Crippen LogP contribution is 2.28. The lowest BCUT2D eigenvalue weighted by Gasteiger charge is -2.13. The lowest BCUT2D eigenvalue weighted by atomic mass is 10.1. The van der Waals surface area contributed by atoms with E-state index in [4.69, 9.17) is 0 Å². The molecule has 0 radical (unpaired) electrons. The number of imidazole rings is 1. The number of rotatable bonds is 1. The number of halogens is 2. The molecular formula is C14H11BrFN3. The van der Waals surface area contributed by atoms with Crippen LogP contribution in [0.3, 0.4) is 0 Å². The molecule has 0 spiro atoms. The molecule has 0 bridgehead atoms. The molecule has 3 aromatic rings. The highest BCUT2D eigenvalue weighted by atomic mass is 79.9. The largest absolute Gasteiger partial charge is 0.285 e. The molecule has 96 valence electrons. The molecule has 0 fully saturated rings. The molecule has 0 saturated heterocycles. The van der Waals surface area contributed by atoms with Crippen molar-refractivity contribution in [2.24, 2.45) is 0 Å². The normalized spacial score (nSPS) is 11.2. The van der Waals surface area contributed by atoms with Gasteiger partial charge in [-0.05, 0) is 65.2 Å². The molecule has 5 heteroatoms. The van der Waals surface area contributed by atoms with Crippen LogP contribution in [-0.2, 0) is 0 Å². The third-order valence-corrected chi connectivity index (χ3v) is 3.60. The van der Waals surface area contributed by atoms with Crippen LogP contribution in [0.1, 0.15) is 11.1 Å². The van der Waals surface area contributed by atoms with Gasteiger partial charge in [0.05, 0.1) is 11.2 Å². The van der Waals surface area contributed by atoms with Gasteiger partial charge in [0.25, 0.3) is 0 Å². The predicted molar refractivity (Wildman–Crippen MR) is 76.0 cm³/mol. The number of aryl methyl sites for hydroxylation is 2. The lowest BCUT2D eigenvalue weighted by Crippen LogP contribution is -2.01. The number of pyridine rings is 1. The minimum atomic E-state index is -0.225. The molecule has 0 aliphatic rings. The van der Waals surface area contributed by atoms with Crippen molar-refractivity contribution in [3.8, 4) is 5.69 Å². The minimum absolute atomic E-state index is 0.225. The number of benzene rings is 1. The van der Waals surface area contributed by atoms with E-state index in [1.165, 1.54) is 12.1 Å². The van der Waals surface area contributed by atoms with E-state index in [-0.39, 0.29) is 5.82 Å². The van der Waals surface area contributed by atoms with Gasteiger partial charge in [0.2, 0.25) is 0 Å². The summed E-state index contributed by atoms with van der Waals surface area (Å²) in [6, 6.07) is 6.86. The molecule has 0 atom stereocenters. The van der Waals surface area contributed by atoms with E-state index in [0.717, 1.165) is 22.3 Å². The van der Waals surface area contributed by atoms with Crippen LogP contribution in [-0.4, -0.2) is 14.5 Å². The Hall–Kier alpha value is -1.75. The Bertz CT molecular complexity index is 756. The second kappa shape index (κ2) is 4.42. The Labute approximate surface area is 118 Å². The van der Waals surface area contributed by atoms with Crippen LogP contribution in [0.4, 0.5) is 4.39 Å². The molecule has 0 saturated carbocycles. The van der Waals surface area contributed by atoms with Gasteiger partial charge in [-0.2, -0.15) is 0 Å². The first-order chi connectivity index (χ1) is 9.08. The van der Waals surface area contributed by atoms with Crippen molar-refractivity contribution in [1.29, 1.82) is 0 Å². The summed E-state index contributed by atoms with van der Waals surface area (Å²) >= 11 is 3.45. The third kappa shape index (κ3) is 1.94. The zero-order valence-corrected chi connectivity index (χ0v) is 12.1. The molecule has 19 heavy (non-hydrogen) atoms. The quantitative estimate of drug-likeness (QED) is 0.680. The Morgan fingerprint density at radius 1 is 1.21 bits per heavy atom. The maximum atomic E-state index is 13.4. The zero-order chi connectivity index (χ0) is 13.6. The van der Waals surface area contributed by atoms with Crippen LogP contribution >= 0.6 is 15.9 Å². The van der Waals surface area contributed by atoms with Crippen molar-refractivity contribution in [2.75, 3.05) is 0 Å². The Morgan fingerprint density at radius 3 is 2.58 bits per heavy atom. The first-order valence-electron chi connectivity index (χ1n) is 5.84. The van der Waals surface area contributed by atoms with Gasteiger partial charge in [-0.1, -0.05) is 0 Å². The molecule has 1 aromatic carbocycles. The Kier molecular flexibility index (Phi) is 2.86. The summed E-state index contributed by atoms with van der Waals surface area (Å²) in [5, 5.41) is 0. The van der Waals surface area contributed by atoms with E-state index in [1.807, 2.05) is 30.5 Å². The van der Waals surface area contributed by atoms with Crippen molar-refractivity contribution in [2.45, 2.75) is 13.8 Å². The Morgan fingerprint density at radius 2 is 1.89 bits per heavy atom. The molecule has 3 rings (SSSR count). The monoisotopic (exact) mass is 319 g/mol. The topological polar surface area (TPSA) is 30.7 Å². The standard InChI is InChI=1S/C14H11BrFN3/c1-8-6-10(16)7-9(2)12(8)19-11-4-3-5-17-13(11)18-14(19)15/h3-7H,1-2H3. The summed E-state index contributed by atoms with van der Waals surface area (Å²) in [5.74, 6) is -0.225. The molecular weight excluding hydrogens is 309 g/mol. The molecule has 2 heterocycles. The Balaban J connectivity index is 2.40. The second-order valence-corrected chi connectivity index (χ2v) is 5.16. The van der Waals surface area contributed by atoms with Gasteiger partial charge in [-0.25, -0.2) is 14.4 Å².